The topological polar surface area (TPSA) is 90.4 Å². The highest BCUT2D eigenvalue weighted by Crippen LogP contribution is 2.21. The standard InChI is InChI=1S/C25H25ClFN5O3/c1-14(2)31-23(34)19-10-8-15(22(33)28-18-5-3-4-6-18)11-21(19)32-24(31)29-30(25(32)35)13-16-7-9-17(27)12-20(16)26/h7-12,14,18H,3-6,13H2,1-2H3,(H,28,33). The molecule has 1 fully saturated rings. The van der Waals surface area contributed by atoms with E-state index >= 15 is 0 Å². The van der Waals surface area contributed by atoms with Crippen LogP contribution in [0.25, 0.3) is 16.7 Å². The van der Waals surface area contributed by atoms with E-state index in [1.807, 2.05) is 13.8 Å². The summed E-state index contributed by atoms with van der Waals surface area (Å²) < 4.78 is 17.5. The van der Waals surface area contributed by atoms with Crippen molar-refractivity contribution in [1.82, 2.24) is 24.1 Å². The van der Waals surface area contributed by atoms with E-state index in [1.54, 1.807) is 18.2 Å². The van der Waals surface area contributed by atoms with Gasteiger partial charge in [0.1, 0.15) is 5.82 Å². The zero-order valence-corrected chi connectivity index (χ0v) is 20.2. The molecule has 0 bridgehead atoms. The van der Waals surface area contributed by atoms with Crippen LogP contribution in [0.3, 0.4) is 0 Å². The summed E-state index contributed by atoms with van der Waals surface area (Å²) in [7, 11) is 0. The maximum Gasteiger partial charge on any atom is 0.352 e. The molecule has 35 heavy (non-hydrogen) atoms. The SMILES string of the molecule is CC(C)n1c(=O)c2ccc(C(=O)NC3CCCC3)cc2n2c(=O)n(Cc3ccc(F)cc3Cl)nc12. The van der Waals surface area contributed by atoms with Gasteiger partial charge in [-0.1, -0.05) is 30.5 Å². The summed E-state index contributed by atoms with van der Waals surface area (Å²) >= 11 is 6.17. The lowest BCUT2D eigenvalue weighted by molar-refractivity contribution is 0.0938. The van der Waals surface area contributed by atoms with Crippen molar-refractivity contribution >= 4 is 34.2 Å². The second kappa shape index (κ2) is 8.96. The number of fused-ring (bicyclic) bond motifs is 3. The van der Waals surface area contributed by atoms with E-state index in [0.717, 1.165) is 25.7 Å². The van der Waals surface area contributed by atoms with Crippen molar-refractivity contribution < 1.29 is 9.18 Å². The van der Waals surface area contributed by atoms with Crippen LogP contribution in [-0.4, -0.2) is 30.7 Å². The van der Waals surface area contributed by atoms with E-state index in [9.17, 15) is 18.8 Å². The molecule has 5 rings (SSSR count). The molecular formula is C25H25ClFN5O3. The van der Waals surface area contributed by atoms with Crippen molar-refractivity contribution in [3.8, 4) is 0 Å². The number of nitrogens with one attached hydrogen (secondary N) is 1. The summed E-state index contributed by atoms with van der Waals surface area (Å²) in [5, 5.41) is 7.96. The average Bonchev–Trinajstić information content (AvgIpc) is 3.43. The zero-order chi connectivity index (χ0) is 24.9. The van der Waals surface area contributed by atoms with Gasteiger partial charge in [0.15, 0.2) is 0 Å². The van der Waals surface area contributed by atoms with E-state index in [-0.39, 0.29) is 40.9 Å². The lowest BCUT2D eigenvalue weighted by atomic mass is 10.1. The van der Waals surface area contributed by atoms with Crippen LogP contribution < -0.4 is 16.6 Å². The number of carbonyl (C=O) groups excluding carboxylic acids is 1. The molecular weight excluding hydrogens is 473 g/mol. The van der Waals surface area contributed by atoms with Gasteiger partial charge in [-0.3, -0.25) is 14.2 Å². The normalized spacial score (nSPS) is 14.4. The van der Waals surface area contributed by atoms with Crippen molar-refractivity contribution in [3.63, 3.8) is 0 Å². The molecule has 1 amide bonds. The first-order valence-electron chi connectivity index (χ1n) is 11.7. The van der Waals surface area contributed by atoms with Crippen LogP contribution in [-0.2, 0) is 6.54 Å². The lowest BCUT2D eigenvalue weighted by Gasteiger charge is -2.14. The number of nitrogens with zero attached hydrogens (tertiary/aromatic N) is 4. The van der Waals surface area contributed by atoms with E-state index in [4.69, 9.17) is 11.6 Å². The Balaban J connectivity index is 1.69. The Labute approximate surface area is 204 Å². The molecule has 8 nitrogen and oxygen atoms in total. The molecule has 0 unspecified atom stereocenters. The Morgan fingerprint density at radius 2 is 1.91 bits per heavy atom. The maximum absolute atomic E-state index is 13.5. The fourth-order valence-corrected chi connectivity index (χ4v) is 4.97. The van der Waals surface area contributed by atoms with Crippen molar-refractivity contribution in [2.24, 2.45) is 0 Å². The van der Waals surface area contributed by atoms with Gasteiger partial charge in [-0.05, 0) is 62.6 Å². The summed E-state index contributed by atoms with van der Waals surface area (Å²) in [6, 6.07) is 8.55. The highest BCUT2D eigenvalue weighted by molar-refractivity contribution is 6.31. The second-order valence-corrected chi connectivity index (χ2v) is 9.67. The fraction of sp³-hybridized carbons (Fsp3) is 0.360. The third kappa shape index (κ3) is 4.14. The number of carbonyl (C=O) groups is 1. The van der Waals surface area contributed by atoms with Crippen LogP contribution in [0, 0.1) is 5.82 Å². The number of hydrogen-bond acceptors (Lipinski definition) is 4. The molecule has 4 aromatic rings. The van der Waals surface area contributed by atoms with Crippen LogP contribution in [0.2, 0.25) is 5.02 Å². The first-order valence-corrected chi connectivity index (χ1v) is 12.0. The molecule has 2 aromatic heterocycles. The lowest BCUT2D eigenvalue weighted by Crippen LogP contribution is -2.33. The highest BCUT2D eigenvalue weighted by atomic mass is 35.5. The quantitative estimate of drug-likeness (QED) is 0.452. The fourth-order valence-electron chi connectivity index (χ4n) is 4.74. The van der Waals surface area contributed by atoms with Crippen molar-refractivity contribution in [2.75, 3.05) is 0 Å². The van der Waals surface area contributed by atoms with Gasteiger partial charge in [0.2, 0.25) is 5.78 Å². The van der Waals surface area contributed by atoms with Crippen LogP contribution >= 0.6 is 11.6 Å². The van der Waals surface area contributed by atoms with Crippen LogP contribution in [0.1, 0.15) is 61.5 Å². The van der Waals surface area contributed by atoms with Crippen LogP contribution in [0.5, 0.6) is 0 Å². The molecule has 0 spiro atoms. The Morgan fingerprint density at radius 3 is 2.60 bits per heavy atom. The molecule has 2 heterocycles. The molecule has 0 saturated heterocycles. The molecule has 0 radical (unpaired) electrons. The Kier molecular flexibility index (Phi) is 5.96. The smallest absolute Gasteiger partial charge is 0.349 e. The van der Waals surface area contributed by atoms with Crippen molar-refractivity contribution in [3.05, 3.63) is 79.2 Å². The van der Waals surface area contributed by atoms with Gasteiger partial charge in [0.05, 0.1) is 17.4 Å². The summed E-state index contributed by atoms with van der Waals surface area (Å²) in [5.41, 5.74) is 0.393. The number of hydrogen-bond donors (Lipinski definition) is 1. The van der Waals surface area contributed by atoms with E-state index in [0.29, 0.717) is 22.0 Å². The minimum atomic E-state index is -0.492. The first-order chi connectivity index (χ1) is 16.7. The molecule has 1 aliphatic rings. The van der Waals surface area contributed by atoms with Crippen LogP contribution in [0.15, 0.2) is 46.0 Å². The molecule has 1 N–H and O–H groups in total. The van der Waals surface area contributed by atoms with E-state index in [2.05, 4.69) is 10.4 Å². The molecule has 10 heteroatoms. The molecule has 0 aliphatic heterocycles. The van der Waals surface area contributed by atoms with E-state index < -0.39 is 11.5 Å². The Morgan fingerprint density at radius 1 is 1.17 bits per heavy atom. The number of amides is 1. The van der Waals surface area contributed by atoms with Gasteiger partial charge in [0.25, 0.3) is 11.5 Å². The van der Waals surface area contributed by atoms with E-state index in [1.165, 1.54) is 31.8 Å². The van der Waals surface area contributed by atoms with Gasteiger partial charge in [-0.2, -0.15) is 0 Å². The predicted octanol–water partition coefficient (Wildman–Crippen LogP) is 3.91. The third-order valence-corrected chi connectivity index (χ3v) is 6.88. The monoisotopic (exact) mass is 497 g/mol. The maximum atomic E-state index is 13.5. The average molecular weight is 498 g/mol. The van der Waals surface area contributed by atoms with Gasteiger partial charge >= 0.3 is 5.69 Å². The molecule has 0 atom stereocenters. The summed E-state index contributed by atoms with van der Waals surface area (Å²) in [5.74, 6) is -0.559. The van der Waals surface area contributed by atoms with Gasteiger partial charge in [-0.25, -0.2) is 18.3 Å². The van der Waals surface area contributed by atoms with Gasteiger partial charge in [-0.15, -0.1) is 5.10 Å². The van der Waals surface area contributed by atoms with Crippen molar-refractivity contribution in [2.45, 2.75) is 58.2 Å². The Hall–Kier alpha value is -3.46. The second-order valence-electron chi connectivity index (χ2n) is 9.27. The molecule has 1 saturated carbocycles. The summed E-state index contributed by atoms with van der Waals surface area (Å²) in [4.78, 5) is 39.7. The first kappa shape index (κ1) is 23.3. The number of halogens is 2. The van der Waals surface area contributed by atoms with Gasteiger partial charge < -0.3 is 5.32 Å². The third-order valence-electron chi connectivity index (χ3n) is 6.53. The van der Waals surface area contributed by atoms with Crippen molar-refractivity contribution in [1.29, 1.82) is 0 Å². The molecule has 2 aromatic carbocycles. The number of benzene rings is 2. The summed E-state index contributed by atoms with van der Waals surface area (Å²) in [6.45, 7) is 3.66. The Bertz CT molecular complexity index is 1580. The minimum Gasteiger partial charge on any atom is -0.349 e. The number of aromatic nitrogens is 4. The van der Waals surface area contributed by atoms with Crippen LogP contribution in [0.4, 0.5) is 4.39 Å². The van der Waals surface area contributed by atoms with Gasteiger partial charge in [0, 0.05) is 22.7 Å². The predicted molar refractivity (Wildman–Crippen MR) is 132 cm³/mol. The minimum absolute atomic E-state index is 0.00470. The molecule has 182 valence electrons. The zero-order valence-electron chi connectivity index (χ0n) is 19.4. The largest absolute Gasteiger partial charge is 0.352 e. The molecule has 1 aliphatic carbocycles. The highest BCUT2D eigenvalue weighted by Gasteiger charge is 2.22. The number of rotatable bonds is 5. The summed E-state index contributed by atoms with van der Waals surface area (Å²) in [6.07, 6.45) is 4.07.